The SMILES string of the molecule is CCCCCCCCCCCCCCCCCCCC(O)C(COC1OC(CO)C(O)C(OS(=O)(=O)O)C1O)NC(=O)C(O)CCCCCCCCCCCCC. The highest BCUT2D eigenvalue weighted by Gasteiger charge is 2.48. The van der Waals surface area contributed by atoms with Gasteiger partial charge in [0, 0.05) is 0 Å². The molecule has 0 radical (unpaired) electrons. The quantitative estimate of drug-likeness (QED) is 0.0236. The Kier molecular flexibility index (Phi) is 33.0. The van der Waals surface area contributed by atoms with Gasteiger partial charge in [-0.15, -0.1) is 0 Å². The Labute approximate surface area is 346 Å². The van der Waals surface area contributed by atoms with Crippen LogP contribution in [0, 0.1) is 0 Å². The van der Waals surface area contributed by atoms with Gasteiger partial charge in [0.25, 0.3) is 0 Å². The predicted molar refractivity (Wildman–Crippen MR) is 224 cm³/mol. The van der Waals surface area contributed by atoms with E-state index in [1.807, 2.05) is 0 Å². The maximum atomic E-state index is 13.1. The van der Waals surface area contributed by atoms with Gasteiger partial charge in [0.15, 0.2) is 6.29 Å². The molecule has 0 aromatic carbocycles. The van der Waals surface area contributed by atoms with Crippen LogP contribution in [-0.2, 0) is 28.9 Å². The molecular formula is C43H85NO12S. The minimum atomic E-state index is -5.10. The van der Waals surface area contributed by atoms with Crippen LogP contribution in [0.2, 0.25) is 0 Å². The Morgan fingerprint density at radius 2 is 1.02 bits per heavy atom. The van der Waals surface area contributed by atoms with E-state index in [1.54, 1.807) is 0 Å². The summed E-state index contributed by atoms with van der Waals surface area (Å²) < 4.78 is 47.5. The molecule has 1 fully saturated rings. The van der Waals surface area contributed by atoms with E-state index in [1.165, 1.54) is 128 Å². The summed E-state index contributed by atoms with van der Waals surface area (Å²) in [6.45, 7) is 3.27. The van der Waals surface area contributed by atoms with Gasteiger partial charge in [-0.1, -0.05) is 194 Å². The van der Waals surface area contributed by atoms with Crippen molar-refractivity contribution >= 4 is 16.3 Å². The lowest BCUT2D eigenvalue weighted by Crippen LogP contribution is -2.61. The molecule has 1 heterocycles. The third-order valence-electron chi connectivity index (χ3n) is 11.3. The van der Waals surface area contributed by atoms with Crippen LogP contribution in [0.25, 0.3) is 0 Å². The summed E-state index contributed by atoms with van der Waals surface area (Å²) in [6.07, 6.45) is 22.9. The van der Waals surface area contributed by atoms with Gasteiger partial charge in [-0.25, -0.2) is 4.18 Å². The van der Waals surface area contributed by atoms with E-state index < -0.39 is 78.5 Å². The molecule has 0 aliphatic carbocycles. The Hall–Kier alpha value is -0.940. The van der Waals surface area contributed by atoms with Gasteiger partial charge in [-0.3, -0.25) is 9.35 Å². The molecule has 1 aliphatic rings. The van der Waals surface area contributed by atoms with Crippen LogP contribution in [0.1, 0.15) is 206 Å². The Bertz CT molecular complexity index is 1050. The number of carbonyl (C=O) groups is 1. The summed E-state index contributed by atoms with van der Waals surface area (Å²) in [4.78, 5) is 13.1. The van der Waals surface area contributed by atoms with Crippen LogP contribution in [0.3, 0.4) is 0 Å². The van der Waals surface area contributed by atoms with E-state index in [0.29, 0.717) is 19.3 Å². The molecule has 0 aromatic heterocycles. The van der Waals surface area contributed by atoms with Gasteiger partial charge in [0.2, 0.25) is 5.91 Å². The van der Waals surface area contributed by atoms with Crippen molar-refractivity contribution in [1.29, 1.82) is 0 Å². The number of hydrogen-bond donors (Lipinski definition) is 7. The first-order valence-corrected chi connectivity index (χ1v) is 24.4. The van der Waals surface area contributed by atoms with Crippen molar-refractivity contribution in [3.8, 4) is 0 Å². The predicted octanol–water partition coefficient (Wildman–Crippen LogP) is 7.58. The average Bonchev–Trinajstić information content (AvgIpc) is 3.18. The average molecular weight is 840 g/mol. The van der Waals surface area contributed by atoms with Crippen molar-refractivity contribution in [2.45, 2.75) is 255 Å². The van der Waals surface area contributed by atoms with Crippen LogP contribution in [0.4, 0.5) is 0 Å². The largest absolute Gasteiger partial charge is 0.397 e. The molecule has 1 aliphatic heterocycles. The van der Waals surface area contributed by atoms with Crippen molar-refractivity contribution in [3.05, 3.63) is 0 Å². The van der Waals surface area contributed by atoms with Crippen LogP contribution in [0.15, 0.2) is 0 Å². The summed E-state index contributed by atoms with van der Waals surface area (Å²) in [5, 5.41) is 55.3. The van der Waals surface area contributed by atoms with Crippen molar-refractivity contribution in [2.75, 3.05) is 13.2 Å². The maximum Gasteiger partial charge on any atom is 0.397 e. The van der Waals surface area contributed by atoms with E-state index in [2.05, 4.69) is 23.3 Å². The van der Waals surface area contributed by atoms with E-state index >= 15 is 0 Å². The lowest BCUT2D eigenvalue weighted by atomic mass is 9.99. The molecule has 1 saturated heterocycles. The maximum absolute atomic E-state index is 13.1. The Morgan fingerprint density at radius 1 is 0.632 bits per heavy atom. The second-order valence-corrected chi connectivity index (χ2v) is 17.5. The molecule has 1 rings (SSSR count). The Morgan fingerprint density at radius 3 is 1.40 bits per heavy atom. The van der Waals surface area contributed by atoms with Crippen LogP contribution >= 0.6 is 0 Å². The van der Waals surface area contributed by atoms with Crippen molar-refractivity contribution in [1.82, 2.24) is 5.32 Å². The molecule has 7 N–H and O–H groups in total. The zero-order valence-electron chi connectivity index (χ0n) is 35.8. The fraction of sp³-hybridized carbons (Fsp3) is 0.977. The van der Waals surface area contributed by atoms with Crippen LogP contribution in [0.5, 0.6) is 0 Å². The van der Waals surface area contributed by atoms with Crippen molar-refractivity contribution in [2.24, 2.45) is 0 Å². The number of ether oxygens (including phenoxy) is 2. The third-order valence-corrected chi connectivity index (χ3v) is 11.7. The lowest BCUT2D eigenvalue weighted by molar-refractivity contribution is -0.298. The number of hydrogen-bond acceptors (Lipinski definition) is 11. The summed E-state index contributed by atoms with van der Waals surface area (Å²) in [6, 6.07) is -1.03. The highest BCUT2D eigenvalue weighted by Crippen LogP contribution is 2.26. The van der Waals surface area contributed by atoms with Gasteiger partial charge < -0.3 is 40.3 Å². The van der Waals surface area contributed by atoms with Gasteiger partial charge in [0.05, 0.1) is 25.4 Å². The highest BCUT2D eigenvalue weighted by molar-refractivity contribution is 7.80. The van der Waals surface area contributed by atoms with E-state index in [0.717, 1.165) is 38.5 Å². The first kappa shape index (κ1) is 54.1. The minimum Gasteiger partial charge on any atom is -0.394 e. The highest BCUT2D eigenvalue weighted by atomic mass is 32.3. The standard InChI is InChI=1S/C43H85NO12S/c1-3-5-7-9-11-13-15-16-17-18-19-20-22-23-25-27-29-31-36(46)35(34-54-43-40(49)41(56-57(51,52)53)39(48)38(33-45)55-43)44-42(50)37(47)32-30-28-26-24-21-14-12-10-8-6-4-2/h35-41,43,45-49H,3-34H2,1-2H3,(H,44,50)(H,51,52,53). The van der Waals surface area contributed by atoms with E-state index in [4.69, 9.17) is 9.47 Å². The van der Waals surface area contributed by atoms with E-state index in [9.17, 15) is 43.3 Å². The van der Waals surface area contributed by atoms with E-state index in [-0.39, 0.29) is 6.42 Å². The number of rotatable bonds is 39. The topological polar surface area (TPSA) is 212 Å². The zero-order chi connectivity index (χ0) is 42.2. The smallest absolute Gasteiger partial charge is 0.394 e. The van der Waals surface area contributed by atoms with Crippen LogP contribution < -0.4 is 5.32 Å². The minimum absolute atomic E-state index is 0.265. The number of aliphatic hydroxyl groups excluding tert-OH is 5. The molecule has 0 aromatic rings. The monoisotopic (exact) mass is 840 g/mol. The molecule has 57 heavy (non-hydrogen) atoms. The summed E-state index contributed by atoms with van der Waals surface area (Å²) in [7, 11) is -5.10. The Balaban J connectivity index is 2.55. The molecular weight excluding hydrogens is 755 g/mol. The normalized spacial score (nSPS) is 21.7. The second kappa shape index (κ2) is 34.7. The fourth-order valence-corrected chi connectivity index (χ4v) is 8.09. The summed E-state index contributed by atoms with van der Waals surface area (Å²) in [5.74, 6) is -0.668. The molecule has 14 heteroatoms. The number of aliphatic hydroxyl groups is 5. The molecule has 0 bridgehead atoms. The molecule has 0 saturated carbocycles. The molecule has 8 unspecified atom stereocenters. The lowest BCUT2D eigenvalue weighted by Gasteiger charge is -2.41. The molecule has 0 spiro atoms. The molecule has 8 atom stereocenters. The summed E-state index contributed by atoms with van der Waals surface area (Å²) in [5.41, 5.74) is 0. The third kappa shape index (κ3) is 27.5. The van der Waals surface area contributed by atoms with Gasteiger partial charge in [-0.2, -0.15) is 8.42 Å². The van der Waals surface area contributed by atoms with Gasteiger partial charge in [0.1, 0.15) is 30.5 Å². The first-order valence-electron chi connectivity index (χ1n) is 23.0. The van der Waals surface area contributed by atoms with Crippen LogP contribution in [-0.4, -0.2) is 107 Å². The zero-order valence-corrected chi connectivity index (χ0v) is 36.6. The van der Waals surface area contributed by atoms with Crippen molar-refractivity contribution < 1.29 is 57.0 Å². The molecule has 1 amide bonds. The number of carbonyl (C=O) groups excluding carboxylic acids is 1. The number of nitrogens with one attached hydrogen (secondary N) is 1. The summed E-state index contributed by atoms with van der Waals surface area (Å²) >= 11 is 0. The van der Waals surface area contributed by atoms with Crippen molar-refractivity contribution in [3.63, 3.8) is 0 Å². The van der Waals surface area contributed by atoms with Gasteiger partial charge >= 0.3 is 10.4 Å². The second-order valence-electron chi connectivity index (χ2n) is 16.5. The molecule has 340 valence electrons. The molecule has 13 nitrogen and oxygen atoms in total. The number of amides is 1. The van der Waals surface area contributed by atoms with Gasteiger partial charge in [-0.05, 0) is 12.8 Å². The number of unbranched alkanes of at least 4 members (excludes halogenated alkanes) is 26. The fourth-order valence-electron chi connectivity index (χ4n) is 7.58. The first-order chi connectivity index (χ1) is 27.4.